The van der Waals surface area contributed by atoms with E-state index in [4.69, 9.17) is 33.7 Å². The van der Waals surface area contributed by atoms with E-state index in [0.717, 1.165) is 9.79 Å². The van der Waals surface area contributed by atoms with Gasteiger partial charge in [0.05, 0.1) is 22.8 Å². The van der Waals surface area contributed by atoms with Gasteiger partial charge in [-0.05, 0) is 36.4 Å². The van der Waals surface area contributed by atoms with Crippen molar-refractivity contribution >= 4 is 40.7 Å². The highest BCUT2D eigenvalue weighted by Gasteiger charge is 2.05. The van der Waals surface area contributed by atoms with Crippen molar-refractivity contribution in [3.05, 3.63) is 46.4 Å². The first kappa shape index (κ1) is 13.4. The first-order valence-electron chi connectivity index (χ1n) is 5.16. The van der Waals surface area contributed by atoms with Crippen LogP contribution in [0.3, 0.4) is 0 Å². The van der Waals surface area contributed by atoms with Gasteiger partial charge in [-0.25, -0.2) is 0 Å². The summed E-state index contributed by atoms with van der Waals surface area (Å²) in [6, 6.07) is 11.2. The largest absolute Gasteiger partial charge is 0.495 e. The zero-order chi connectivity index (χ0) is 13.1. The number of methoxy groups -OCH3 is 1. The zero-order valence-electron chi connectivity index (χ0n) is 9.61. The van der Waals surface area contributed by atoms with Gasteiger partial charge in [-0.2, -0.15) is 0 Å². The third kappa shape index (κ3) is 3.05. The Balaban J connectivity index is 2.25. The van der Waals surface area contributed by atoms with E-state index in [1.54, 1.807) is 24.9 Å². The smallest absolute Gasteiger partial charge is 0.142 e. The molecule has 0 heterocycles. The fourth-order valence-corrected chi connectivity index (χ4v) is 2.68. The summed E-state index contributed by atoms with van der Waals surface area (Å²) in [5.41, 5.74) is 6.39. The van der Waals surface area contributed by atoms with Gasteiger partial charge in [-0.1, -0.05) is 35.0 Å². The average molecular weight is 300 g/mol. The molecule has 2 N–H and O–H groups in total. The predicted octanol–water partition coefficient (Wildman–Crippen LogP) is 4.74. The van der Waals surface area contributed by atoms with Crippen molar-refractivity contribution in [3.63, 3.8) is 0 Å². The summed E-state index contributed by atoms with van der Waals surface area (Å²) in [4.78, 5) is 2.04. The molecular weight excluding hydrogens is 289 g/mol. The van der Waals surface area contributed by atoms with Crippen molar-refractivity contribution in [3.8, 4) is 5.75 Å². The normalized spacial score (nSPS) is 10.4. The topological polar surface area (TPSA) is 35.2 Å². The quantitative estimate of drug-likeness (QED) is 0.832. The minimum atomic E-state index is 0.545. The van der Waals surface area contributed by atoms with Crippen LogP contribution in [0, 0.1) is 0 Å². The minimum Gasteiger partial charge on any atom is -0.495 e. The molecule has 0 saturated heterocycles. The molecular formula is C13H11Cl2NOS. The molecule has 0 aliphatic heterocycles. The van der Waals surface area contributed by atoms with E-state index in [1.165, 1.54) is 0 Å². The molecule has 2 aromatic rings. The number of rotatable bonds is 3. The molecule has 0 bridgehead atoms. The maximum Gasteiger partial charge on any atom is 0.142 e. The first-order valence-corrected chi connectivity index (χ1v) is 6.74. The lowest BCUT2D eigenvalue weighted by atomic mass is 10.3. The average Bonchev–Trinajstić information content (AvgIpc) is 2.36. The summed E-state index contributed by atoms with van der Waals surface area (Å²) >= 11 is 13.4. The number of hydrogen-bond acceptors (Lipinski definition) is 3. The highest BCUT2D eigenvalue weighted by molar-refractivity contribution is 7.99. The number of anilines is 1. The van der Waals surface area contributed by atoms with Crippen LogP contribution in [-0.2, 0) is 0 Å². The molecule has 2 nitrogen and oxygen atoms in total. The van der Waals surface area contributed by atoms with E-state index < -0.39 is 0 Å². The van der Waals surface area contributed by atoms with Gasteiger partial charge in [0.15, 0.2) is 0 Å². The maximum absolute atomic E-state index is 5.97. The minimum absolute atomic E-state index is 0.545. The summed E-state index contributed by atoms with van der Waals surface area (Å²) in [5.74, 6) is 0.667. The lowest BCUT2D eigenvalue weighted by Gasteiger charge is -2.07. The number of benzene rings is 2. The van der Waals surface area contributed by atoms with Gasteiger partial charge in [0, 0.05) is 9.79 Å². The second-order valence-corrected chi connectivity index (χ2v) is 5.54. The van der Waals surface area contributed by atoms with Crippen molar-refractivity contribution in [2.75, 3.05) is 12.8 Å². The molecule has 0 radical (unpaired) electrons. The van der Waals surface area contributed by atoms with Crippen molar-refractivity contribution in [2.24, 2.45) is 0 Å². The molecule has 0 unspecified atom stereocenters. The second-order valence-electron chi connectivity index (χ2n) is 3.58. The standard InChI is InChI=1S/C13H11Cl2NOS/c1-17-13-7-9(3-5-12(13)16)18-8-2-4-10(14)11(15)6-8/h2-7H,16H2,1H3. The van der Waals surface area contributed by atoms with E-state index in [0.29, 0.717) is 21.5 Å². The lowest BCUT2D eigenvalue weighted by Crippen LogP contribution is -1.91. The Bertz CT molecular complexity index is 575. The Morgan fingerprint density at radius 1 is 1.00 bits per heavy atom. The summed E-state index contributed by atoms with van der Waals surface area (Å²) in [5, 5.41) is 1.10. The molecule has 0 aliphatic rings. The fraction of sp³-hybridized carbons (Fsp3) is 0.0769. The third-order valence-electron chi connectivity index (χ3n) is 2.33. The van der Waals surface area contributed by atoms with E-state index in [-0.39, 0.29) is 0 Å². The van der Waals surface area contributed by atoms with Crippen LogP contribution >= 0.6 is 35.0 Å². The molecule has 0 aliphatic carbocycles. The number of hydrogen-bond donors (Lipinski definition) is 1. The highest BCUT2D eigenvalue weighted by atomic mass is 35.5. The van der Waals surface area contributed by atoms with Crippen LogP contribution in [0.15, 0.2) is 46.2 Å². The summed E-state index contributed by atoms with van der Waals surface area (Å²) < 4.78 is 5.18. The fourth-order valence-electron chi connectivity index (χ4n) is 1.43. The maximum atomic E-state index is 5.97. The van der Waals surface area contributed by atoms with Gasteiger partial charge >= 0.3 is 0 Å². The molecule has 2 aromatic carbocycles. The molecule has 0 aromatic heterocycles. The number of halogens is 2. The number of ether oxygens (including phenoxy) is 1. The Kier molecular flexibility index (Phi) is 4.27. The van der Waals surface area contributed by atoms with E-state index in [2.05, 4.69) is 0 Å². The Labute approximate surface area is 120 Å². The molecule has 94 valence electrons. The zero-order valence-corrected chi connectivity index (χ0v) is 11.9. The Hall–Kier alpha value is -1.03. The summed E-state index contributed by atoms with van der Waals surface area (Å²) in [6.07, 6.45) is 0. The molecule has 0 amide bonds. The Morgan fingerprint density at radius 3 is 2.33 bits per heavy atom. The first-order chi connectivity index (χ1) is 8.60. The van der Waals surface area contributed by atoms with Crippen LogP contribution in [0.1, 0.15) is 0 Å². The SMILES string of the molecule is COc1cc(Sc2ccc(Cl)c(Cl)c2)ccc1N. The Morgan fingerprint density at radius 2 is 1.67 bits per heavy atom. The molecule has 0 fully saturated rings. The van der Waals surface area contributed by atoms with Crippen LogP contribution in [-0.4, -0.2) is 7.11 Å². The van der Waals surface area contributed by atoms with E-state index >= 15 is 0 Å². The van der Waals surface area contributed by atoms with Gasteiger partial charge in [0.1, 0.15) is 5.75 Å². The van der Waals surface area contributed by atoms with Crippen LogP contribution in [0.5, 0.6) is 5.75 Å². The van der Waals surface area contributed by atoms with Gasteiger partial charge in [0.25, 0.3) is 0 Å². The van der Waals surface area contributed by atoms with E-state index in [1.807, 2.05) is 30.3 Å². The molecule has 2 rings (SSSR count). The van der Waals surface area contributed by atoms with Gasteiger partial charge in [0.2, 0.25) is 0 Å². The van der Waals surface area contributed by atoms with Gasteiger partial charge in [-0.15, -0.1) is 0 Å². The molecule has 0 saturated carbocycles. The van der Waals surface area contributed by atoms with Gasteiger partial charge in [-0.3, -0.25) is 0 Å². The van der Waals surface area contributed by atoms with Crippen molar-refractivity contribution in [1.29, 1.82) is 0 Å². The van der Waals surface area contributed by atoms with Crippen molar-refractivity contribution < 1.29 is 4.74 Å². The highest BCUT2D eigenvalue weighted by Crippen LogP contribution is 2.35. The molecule has 0 spiro atoms. The van der Waals surface area contributed by atoms with Crippen LogP contribution in [0.4, 0.5) is 5.69 Å². The van der Waals surface area contributed by atoms with Crippen LogP contribution in [0.25, 0.3) is 0 Å². The monoisotopic (exact) mass is 299 g/mol. The summed E-state index contributed by atoms with van der Waals surface area (Å²) in [7, 11) is 1.60. The van der Waals surface area contributed by atoms with Crippen molar-refractivity contribution in [2.45, 2.75) is 9.79 Å². The van der Waals surface area contributed by atoms with E-state index in [9.17, 15) is 0 Å². The molecule has 18 heavy (non-hydrogen) atoms. The van der Waals surface area contributed by atoms with Crippen molar-refractivity contribution in [1.82, 2.24) is 0 Å². The number of nitrogens with two attached hydrogens (primary N) is 1. The third-order valence-corrected chi connectivity index (χ3v) is 4.05. The summed E-state index contributed by atoms with van der Waals surface area (Å²) in [6.45, 7) is 0. The molecule has 0 atom stereocenters. The van der Waals surface area contributed by atoms with Crippen LogP contribution in [0.2, 0.25) is 10.0 Å². The predicted molar refractivity (Wildman–Crippen MR) is 78.0 cm³/mol. The van der Waals surface area contributed by atoms with Gasteiger partial charge < -0.3 is 10.5 Å². The lowest BCUT2D eigenvalue weighted by molar-refractivity contribution is 0.416. The molecule has 5 heteroatoms. The van der Waals surface area contributed by atoms with Crippen LogP contribution < -0.4 is 10.5 Å². The second kappa shape index (κ2) is 5.74. The number of nitrogen functional groups attached to an aromatic ring is 1.